The number of para-hydroxylation sites is 1. The van der Waals surface area contributed by atoms with Crippen LogP contribution in [0, 0.1) is 6.92 Å². The lowest BCUT2D eigenvalue weighted by molar-refractivity contribution is -0.143. The fourth-order valence-corrected chi connectivity index (χ4v) is 3.30. The molecule has 0 saturated carbocycles. The quantitative estimate of drug-likeness (QED) is 0.826. The molecule has 1 saturated heterocycles. The normalized spacial score (nSPS) is 20.0. The zero-order valence-electron chi connectivity index (χ0n) is 15.0. The maximum atomic E-state index is 13.7. The minimum Gasteiger partial charge on any atom is -0.349 e. The predicted molar refractivity (Wildman–Crippen MR) is 98.5 cm³/mol. The van der Waals surface area contributed by atoms with Crippen molar-refractivity contribution in [2.45, 2.75) is 44.9 Å². The van der Waals surface area contributed by atoms with Crippen LogP contribution >= 0.6 is 12.4 Å². The van der Waals surface area contributed by atoms with Gasteiger partial charge in [0.25, 0.3) is 5.91 Å². The number of rotatable bonds is 3. The van der Waals surface area contributed by atoms with Crippen LogP contribution in [0.2, 0.25) is 0 Å². The Kier molecular flexibility index (Phi) is 6.54. The van der Waals surface area contributed by atoms with Crippen LogP contribution in [0.25, 0.3) is 5.69 Å². The third-order valence-corrected chi connectivity index (χ3v) is 4.58. The number of alkyl halides is 3. The van der Waals surface area contributed by atoms with Crippen LogP contribution in [0.3, 0.4) is 0 Å². The van der Waals surface area contributed by atoms with Gasteiger partial charge in [0.15, 0.2) is 5.69 Å². The monoisotopic (exact) mass is 402 g/mol. The summed E-state index contributed by atoms with van der Waals surface area (Å²) in [4.78, 5) is 12.5. The van der Waals surface area contributed by atoms with Gasteiger partial charge in [-0.3, -0.25) is 4.79 Å². The number of benzene rings is 1. The Morgan fingerprint density at radius 2 is 2.04 bits per heavy atom. The molecule has 1 aromatic carbocycles. The second-order valence-electron chi connectivity index (χ2n) is 6.65. The van der Waals surface area contributed by atoms with Gasteiger partial charge in [-0.1, -0.05) is 18.2 Å². The largest absolute Gasteiger partial charge is 0.434 e. The molecule has 1 fully saturated rings. The van der Waals surface area contributed by atoms with E-state index in [-0.39, 0.29) is 24.5 Å². The number of aromatic nitrogens is 2. The summed E-state index contributed by atoms with van der Waals surface area (Å²) in [5.74, 6) is -0.740. The van der Waals surface area contributed by atoms with Crippen molar-refractivity contribution in [1.82, 2.24) is 20.4 Å². The van der Waals surface area contributed by atoms with Crippen molar-refractivity contribution >= 4 is 18.3 Å². The topological polar surface area (TPSA) is 59.0 Å². The maximum Gasteiger partial charge on any atom is 0.434 e. The van der Waals surface area contributed by atoms with Crippen molar-refractivity contribution < 1.29 is 18.0 Å². The van der Waals surface area contributed by atoms with Gasteiger partial charge in [-0.25, -0.2) is 4.68 Å². The molecule has 3 rings (SSSR count). The summed E-state index contributed by atoms with van der Waals surface area (Å²) in [6.45, 7) is 4.41. The van der Waals surface area contributed by atoms with Gasteiger partial charge in [0.1, 0.15) is 0 Å². The van der Waals surface area contributed by atoms with Crippen molar-refractivity contribution in [2.75, 3.05) is 6.54 Å². The van der Waals surface area contributed by atoms with E-state index in [4.69, 9.17) is 0 Å². The van der Waals surface area contributed by atoms with Crippen LogP contribution in [0.15, 0.2) is 30.5 Å². The molecular formula is C18H22ClF3N4O. The average molecular weight is 403 g/mol. The Morgan fingerprint density at radius 3 is 2.67 bits per heavy atom. The Hall–Kier alpha value is -2.06. The molecule has 1 aliphatic rings. The predicted octanol–water partition coefficient (Wildman–Crippen LogP) is 3.49. The van der Waals surface area contributed by atoms with Gasteiger partial charge in [0.05, 0.1) is 17.4 Å². The van der Waals surface area contributed by atoms with E-state index in [2.05, 4.69) is 15.7 Å². The molecular weight excluding hydrogens is 381 g/mol. The SMILES string of the molecule is Cc1ccccc1-n1ncc(C(=O)NC2CCNC(C)C2)c1C(F)(F)F.Cl. The second kappa shape index (κ2) is 8.31. The summed E-state index contributed by atoms with van der Waals surface area (Å²) in [5, 5.41) is 9.84. The van der Waals surface area contributed by atoms with Gasteiger partial charge in [0, 0.05) is 12.1 Å². The number of hydrogen-bond acceptors (Lipinski definition) is 3. The van der Waals surface area contributed by atoms with Crippen molar-refractivity contribution in [1.29, 1.82) is 0 Å². The van der Waals surface area contributed by atoms with Crippen molar-refractivity contribution in [3.8, 4) is 5.69 Å². The van der Waals surface area contributed by atoms with Gasteiger partial charge in [-0.15, -0.1) is 12.4 Å². The van der Waals surface area contributed by atoms with Crippen LogP contribution in [0.4, 0.5) is 13.2 Å². The molecule has 0 spiro atoms. The number of aryl methyl sites for hydroxylation is 1. The first-order valence-electron chi connectivity index (χ1n) is 8.53. The molecule has 27 heavy (non-hydrogen) atoms. The van der Waals surface area contributed by atoms with Gasteiger partial charge < -0.3 is 10.6 Å². The Bertz CT molecular complexity index is 806. The summed E-state index contributed by atoms with van der Waals surface area (Å²) in [6, 6.07) is 6.69. The Balaban J connectivity index is 0.00000261. The van der Waals surface area contributed by atoms with Crippen LogP contribution in [0.5, 0.6) is 0 Å². The van der Waals surface area contributed by atoms with E-state index in [0.717, 1.165) is 17.4 Å². The number of nitrogens with zero attached hydrogens (tertiary/aromatic N) is 2. The fraction of sp³-hybridized carbons (Fsp3) is 0.444. The van der Waals surface area contributed by atoms with E-state index in [9.17, 15) is 18.0 Å². The first-order valence-corrected chi connectivity index (χ1v) is 8.53. The molecule has 2 N–H and O–H groups in total. The highest BCUT2D eigenvalue weighted by atomic mass is 35.5. The van der Waals surface area contributed by atoms with E-state index < -0.39 is 23.3 Å². The summed E-state index contributed by atoms with van der Waals surface area (Å²) in [6.07, 6.45) is -2.34. The summed E-state index contributed by atoms with van der Waals surface area (Å²) in [7, 11) is 0. The molecule has 2 atom stereocenters. The number of amides is 1. The molecule has 0 radical (unpaired) electrons. The number of nitrogens with one attached hydrogen (secondary N) is 2. The molecule has 5 nitrogen and oxygen atoms in total. The van der Waals surface area contributed by atoms with Gasteiger partial charge in [-0.05, 0) is 44.9 Å². The molecule has 0 aliphatic carbocycles. The molecule has 148 valence electrons. The van der Waals surface area contributed by atoms with E-state index in [1.165, 1.54) is 0 Å². The molecule has 1 aliphatic heterocycles. The van der Waals surface area contributed by atoms with E-state index >= 15 is 0 Å². The minimum atomic E-state index is -4.70. The average Bonchev–Trinajstić information content (AvgIpc) is 3.00. The van der Waals surface area contributed by atoms with Crippen LogP contribution in [-0.4, -0.2) is 34.3 Å². The van der Waals surface area contributed by atoms with Crippen molar-refractivity contribution in [2.24, 2.45) is 0 Å². The highest BCUT2D eigenvalue weighted by molar-refractivity contribution is 5.95. The Labute approximate surface area is 161 Å². The highest BCUT2D eigenvalue weighted by Crippen LogP contribution is 2.34. The van der Waals surface area contributed by atoms with Crippen molar-refractivity contribution in [3.63, 3.8) is 0 Å². The smallest absolute Gasteiger partial charge is 0.349 e. The molecule has 2 heterocycles. The summed E-state index contributed by atoms with van der Waals surface area (Å²) >= 11 is 0. The summed E-state index contributed by atoms with van der Waals surface area (Å²) < 4.78 is 41.9. The summed E-state index contributed by atoms with van der Waals surface area (Å²) in [5.41, 5.74) is -0.562. The van der Waals surface area contributed by atoms with Gasteiger partial charge >= 0.3 is 6.18 Å². The number of piperidine rings is 1. The lowest BCUT2D eigenvalue weighted by Crippen LogP contribution is -2.46. The van der Waals surface area contributed by atoms with Crippen LogP contribution in [0.1, 0.15) is 41.4 Å². The molecule has 2 aromatic rings. The zero-order chi connectivity index (χ0) is 18.9. The first kappa shape index (κ1) is 21.2. The highest BCUT2D eigenvalue weighted by Gasteiger charge is 2.41. The van der Waals surface area contributed by atoms with Crippen molar-refractivity contribution in [3.05, 3.63) is 47.3 Å². The van der Waals surface area contributed by atoms with Crippen LogP contribution < -0.4 is 10.6 Å². The second-order valence-corrected chi connectivity index (χ2v) is 6.65. The van der Waals surface area contributed by atoms with E-state index in [1.807, 2.05) is 6.92 Å². The number of carbonyl (C=O) groups is 1. The standard InChI is InChI=1S/C18H21F3N4O.ClH/c1-11-5-3-4-6-15(11)25-16(18(19,20)21)14(10-23-25)17(26)24-13-7-8-22-12(2)9-13;/h3-6,10,12-13,22H,7-9H2,1-2H3,(H,24,26);1H. The molecule has 1 aromatic heterocycles. The van der Waals surface area contributed by atoms with E-state index in [1.54, 1.807) is 31.2 Å². The number of carbonyl (C=O) groups excluding carboxylic acids is 1. The third kappa shape index (κ3) is 4.62. The Morgan fingerprint density at radius 1 is 1.33 bits per heavy atom. The fourth-order valence-electron chi connectivity index (χ4n) is 3.30. The van der Waals surface area contributed by atoms with E-state index in [0.29, 0.717) is 24.1 Å². The molecule has 9 heteroatoms. The molecule has 1 amide bonds. The lowest BCUT2D eigenvalue weighted by atomic mass is 10.0. The van der Waals surface area contributed by atoms with Gasteiger partial charge in [0.2, 0.25) is 0 Å². The third-order valence-electron chi connectivity index (χ3n) is 4.58. The maximum absolute atomic E-state index is 13.7. The lowest BCUT2D eigenvalue weighted by Gasteiger charge is -2.28. The van der Waals surface area contributed by atoms with Gasteiger partial charge in [-0.2, -0.15) is 18.3 Å². The first-order chi connectivity index (χ1) is 12.3. The number of hydrogen-bond donors (Lipinski definition) is 2. The minimum absolute atomic E-state index is 0. The molecule has 0 bridgehead atoms. The molecule has 2 unspecified atom stereocenters. The number of halogens is 4. The zero-order valence-corrected chi connectivity index (χ0v) is 15.8. The van der Waals surface area contributed by atoms with Crippen LogP contribution in [-0.2, 0) is 6.18 Å².